The van der Waals surface area contributed by atoms with Gasteiger partial charge in [-0.2, -0.15) is 0 Å². The Balaban J connectivity index is 2.40. The van der Waals surface area contributed by atoms with Gasteiger partial charge in [-0.05, 0) is 25.0 Å². The Labute approximate surface area is 108 Å². The van der Waals surface area contributed by atoms with E-state index in [-0.39, 0.29) is 16.7 Å². The summed E-state index contributed by atoms with van der Waals surface area (Å²) in [4.78, 5) is 12.8. The predicted molar refractivity (Wildman–Crippen MR) is 70.2 cm³/mol. The zero-order valence-electron chi connectivity index (χ0n) is 9.30. The quantitative estimate of drug-likeness (QED) is 0.686. The number of nitro benzene ring substituents is 1. The van der Waals surface area contributed by atoms with Crippen LogP contribution in [0.2, 0.25) is 0 Å². The van der Waals surface area contributed by atoms with Gasteiger partial charge in [0.15, 0.2) is 0 Å². The summed E-state index contributed by atoms with van der Waals surface area (Å²) in [7, 11) is 0. The van der Waals surface area contributed by atoms with Crippen molar-refractivity contribution in [1.29, 1.82) is 0 Å². The fourth-order valence-corrected chi connectivity index (χ4v) is 2.63. The van der Waals surface area contributed by atoms with Crippen molar-refractivity contribution < 1.29 is 4.92 Å². The molecule has 0 bridgehead atoms. The molecule has 1 heterocycles. The number of benzene rings is 1. The summed E-state index contributed by atoms with van der Waals surface area (Å²) >= 11 is 3.26. The molecular weight excluding hydrogens is 286 g/mol. The molecule has 1 saturated heterocycles. The molecule has 0 aliphatic carbocycles. The van der Waals surface area contributed by atoms with Gasteiger partial charge in [0.05, 0.1) is 4.92 Å². The van der Waals surface area contributed by atoms with Crippen LogP contribution < -0.4 is 10.6 Å². The van der Waals surface area contributed by atoms with E-state index in [4.69, 9.17) is 5.73 Å². The van der Waals surface area contributed by atoms with Gasteiger partial charge in [0.25, 0.3) is 5.69 Å². The SMILES string of the molecule is NCC1CCCN1c1ccc(Br)cc1[N+](=O)[O-]. The van der Waals surface area contributed by atoms with Crippen LogP contribution in [0.3, 0.4) is 0 Å². The van der Waals surface area contributed by atoms with Crippen molar-refractivity contribution >= 4 is 27.3 Å². The third-order valence-electron chi connectivity index (χ3n) is 3.09. The molecule has 17 heavy (non-hydrogen) atoms. The number of nitrogens with zero attached hydrogens (tertiary/aromatic N) is 2. The maximum atomic E-state index is 11.1. The first-order valence-electron chi connectivity index (χ1n) is 5.54. The number of nitrogens with two attached hydrogens (primary N) is 1. The number of nitro groups is 1. The Morgan fingerprint density at radius 3 is 3.00 bits per heavy atom. The molecule has 1 aliphatic rings. The van der Waals surface area contributed by atoms with Gasteiger partial charge in [-0.3, -0.25) is 10.1 Å². The monoisotopic (exact) mass is 299 g/mol. The van der Waals surface area contributed by atoms with Crippen LogP contribution >= 0.6 is 15.9 Å². The minimum absolute atomic E-state index is 0.139. The normalized spacial score (nSPS) is 19.6. The van der Waals surface area contributed by atoms with E-state index < -0.39 is 0 Å². The first-order chi connectivity index (χ1) is 8.13. The summed E-state index contributed by atoms with van der Waals surface area (Å²) in [5, 5.41) is 11.1. The van der Waals surface area contributed by atoms with Crippen LogP contribution in [-0.4, -0.2) is 24.1 Å². The molecule has 2 rings (SSSR count). The zero-order valence-corrected chi connectivity index (χ0v) is 10.9. The predicted octanol–water partition coefficient (Wildman–Crippen LogP) is 2.28. The lowest BCUT2D eigenvalue weighted by Crippen LogP contribution is -2.35. The lowest BCUT2D eigenvalue weighted by molar-refractivity contribution is -0.384. The largest absolute Gasteiger partial charge is 0.362 e. The third-order valence-corrected chi connectivity index (χ3v) is 3.59. The summed E-state index contributed by atoms with van der Waals surface area (Å²) < 4.78 is 0.719. The highest BCUT2D eigenvalue weighted by Crippen LogP contribution is 2.35. The Hall–Kier alpha value is -1.14. The standard InChI is InChI=1S/C11H14BrN3O2/c12-8-3-4-10(11(6-8)15(16)17)14-5-1-2-9(14)7-13/h3-4,6,9H,1-2,5,7,13H2. The molecule has 0 radical (unpaired) electrons. The van der Waals surface area contributed by atoms with E-state index in [0.717, 1.165) is 23.9 Å². The van der Waals surface area contributed by atoms with Gasteiger partial charge in [0.1, 0.15) is 5.69 Å². The van der Waals surface area contributed by atoms with Gasteiger partial charge < -0.3 is 10.6 Å². The van der Waals surface area contributed by atoms with E-state index in [1.54, 1.807) is 12.1 Å². The second kappa shape index (κ2) is 5.01. The molecule has 0 amide bonds. The van der Waals surface area contributed by atoms with E-state index in [1.165, 1.54) is 0 Å². The highest BCUT2D eigenvalue weighted by Gasteiger charge is 2.28. The number of halogens is 1. The van der Waals surface area contributed by atoms with Gasteiger partial charge >= 0.3 is 0 Å². The summed E-state index contributed by atoms with van der Waals surface area (Å²) in [5.41, 5.74) is 6.51. The van der Waals surface area contributed by atoms with Crippen molar-refractivity contribution in [3.05, 3.63) is 32.8 Å². The van der Waals surface area contributed by atoms with Crippen LogP contribution in [0, 0.1) is 10.1 Å². The maximum Gasteiger partial charge on any atom is 0.293 e. The van der Waals surface area contributed by atoms with Crippen LogP contribution in [0.4, 0.5) is 11.4 Å². The van der Waals surface area contributed by atoms with Crippen molar-refractivity contribution in [2.45, 2.75) is 18.9 Å². The van der Waals surface area contributed by atoms with Gasteiger partial charge in [-0.1, -0.05) is 15.9 Å². The van der Waals surface area contributed by atoms with E-state index in [2.05, 4.69) is 15.9 Å². The van der Waals surface area contributed by atoms with Crippen LogP contribution in [0.25, 0.3) is 0 Å². The maximum absolute atomic E-state index is 11.1. The number of hydrogen-bond donors (Lipinski definition) is 1. The molecule has 1 aliphatic heterocycles. The number of anilines is 1. The zero-order chi connectivity index (χ0) is 12.4. The molecule has 0 aromatic heterocycles. The minimum Gasteiger partial charge on any atom is -0.362 e. The molecular formula is C11H14BrN3O2. The molecule has 92 valence electrons. The summed E-state index contributed by atoms with van der Waals surface area (Å²) in [6.45, 7) is 1.37. The average molecular weight is 300 g/mol. The smallest absolute Gasteiger partial charge is 0.293 e. The molecule has 5 nitrogen and oxygen atoms in total. The second-order valence-corrected chi connectivity index (χ2v) is 5.03. The molecule has 1 aromatic carbocycles. The van der Waals surface area contributed by atoms with E-state index in [9.17, 15) is 10.1 Å². The summed E-state index contributed by atoms with van der Waals surface area (Å²) in [6.07, 6.45) is 2.04. The Morgan fingerprint density at radius 2 is 2.35 bits per heavy atom. The average Bonchev–Trinajstić information content (AvgIpc) is 2.76. The minimum atomic E-state index is -0.341. The topological polar surface area (TPSA) is 72.4 Å². The van der Waals surface area contributed by atoms with Crippen LogP contribution in [0.1, 0.15) is 12.8 Å². The van der Waals surface area contributed by atoms with Crippen molar-refractivity contribution in [3.63, 3.8) is 0 Å². The molecule has 1 aromatic rings. The van der Waals surface area contributed by atoms with Gasteiger partial charge in [0.2, 0.25) is 0 Å². The van der Waals surface area contributed by atoms with Gasteiger partial charge in [0, 0.05) is 29.7 Å². The van der Waals surface area contributed by atoms with Crippen molar-refractivity contribution in [2.75, 3.05) is 18.0 Å². The van der Waals surface area contributed by atoms with Crippen molar-refractivity contribution in [3.8, 4) is 0 Å². The highest BCUT2D eigenvalue weighted by atomic mass is 79.9. The molecule has 6 heteroatoms. The van der Waals surface area contributed by atoms with Gasteiger partial charge in [-0.15, -0.1) is 0 Å². The first-order valence-corrected chi connectivity index (χ1v) is 6.33. The van der Waals surface area contributed by atoms with E-state index in [1.807, 2.05) is 11.0 Å². The van der Waals surface area contributed by atoms with Crippen LogP contribution in [0.15, 0.2) is 22.7 Å². The molecule has 1 atom stereocenters. The molecule has 0 spiro atoms. The van der Waals surface area contributed by atoms with E-state index >= 15 is 0 Å². The fraction of sp³-hybridized carbons (Fsp3) is 0.455. The van der Waals surface area contributed by atoms with Crippen LogP contribution in [-0.2, 0) is 0 Å². The Morgan fingerprint density at radius 1 is 1.59 bits per heavy atom. The first kappa shape index (κ1) is 12.3. The highest BCUT2D eigenvalue weighted by molar-refractivity contribution is 9.10. The fourth-order valence-electron chi connectivity index (χ4n) is 2.28. The molecule has 0 saturated carbocycles. The Bertz CT molecular complexity index is 439. The summed E-state index contributed by atoms with van der Waals surface area (Å²) in [5.74, 6) is 0. The molecule has 2 N–H and O–H groups in total. The Kier molecular flexibility index (Phi) is 3.63. The van der Waals surface area contributed by atoms with Crippen LogP contribution in [0.5, 0.6) is 0 Å². The number of hydrogen-bond acceptors (Lipinski definition) is 4. The summed E-state index contributed by atoms with van der Waals surface area (Å²) in [6, 6.07) is 5.38. The number of rotatable bonds is 3. The second-order valence-electron chi connectivity index (χ2n) is 4.12. The van der Waals surface area contributed by atoms with Crippen molar-refractivity contribution in [2.24, 2.45) is 5.73 Å². The van der Waals surface area contributed by atoms with Crippen molar-refractivity contribution in [1.82, 2.24) is 0 Å². The third kappa shape index (κ3) is 2.42. The lowest BCUT2D eigenvalue weighted by Gasteiger charge is -2.25. The molecule has 1 fully saturated rings. The van der Waals surface area contributed by atoms with Gasteiger partial charge in [-0.25, -0.2) is 0 Å². The van der Waals surface area contributed by atoms with E-state index in [0.29, 0.717) is 12.2 Å². The lowest BCUT2D eigenvalue weighted by atomic mass is 10.2. The molecule has 1 unspecified atom stereocenters.